The molecule has 1 rings (SSSR count). The van der Waals surface area contributed by atoms with E-state index in [0.29, 0.717) is 5.41 Å². The van der Waals surface area contributed by atoms with Gasteiger partial charge in [-0.15, -0.1) is 0 Å². The van der Waals surface area contributed by atoms with Crippen molar-refractivity contribution < 1.29 is 0 Å². The topological polar surface area (TPSA) is 12.0 Å². The highest BCUT2D eigenvalue weighted by atomic mass is 14.9. The molecule has 1 heterocycles. The zero-order chi connectivity index (χ0) is 9.73. The Balaban J connectivity index is 2.04. The molecule has 0 aromatic carbocycles. The molecule has 1 nitrogen and oxygen atoms in total. The Morgan fingerprint density at radius 3 is 2.31 bits per heavy atom. The van der Waals surface area contributed by atoms with Gasteiger partial charge in [-0.25, -0.2) is 0 Å². The summed E-state index contributed by atoms with van der Waals surface area (Å²) >= 11 is 0. The SMILES string of the molecule is CC(C)(C)CCCC1CCNCC1. The zero-order valence-electron chi connectivity index (χ0n) is 9.53. The minimum absolute atomic E-state index is 0.535. The first-order valence-corrected chi connectivity index (χ1v) is 5.79. The van der Waals surface area contributed by atoms with Crippen LogP contribution in [0, 0.1) is 11.3 Å². The minimum Gasteiger partial charge on any atom is -0.317 e. The molecular formula is C12H25N. The summed E-state index contributed by atoms with van der Waals surface area (Å²) in [5.74, 6) is 1.02. The number of hydrogen-bond donors (Lipinski definition) is 1. The second-order valence-electron chi connectivity index (χ2n) is 5.65. The Morgan fingerprint density at radius 1 is 1.15 bits per heavy atom. The van der Waals surface area contributed by atoms with Crippen LogP contribution in [0.15, 0.2) is 0 Å². The van der Waals surface area contributed by atoms with Crippen molar-refractivity contribution in [2.75, 3.05) is 13.1 Å². The van der Waals surface area contributed by atoms with Gasteiger partial charge in [-0.05, 0) is 43.7 Å². The smallest absolute Gasteiger partial charge is 0.00463 e. The second kappa shape index (κ2) is 4.99. The van der Waals surface area contributed by atoms with Crippen molar-refractivity contribution in [3.8, 4) is 0 Å². The van der Waals surface area contributed by atoms with Gasteiger partial charge in [0.2, 0.25) is 0 Å². The largest absolute Gasteiger partial charge is 0.317 e. The third-order valence-corrected chi connectivity index (χ3v) is 3.00. The Labute approximate surface area is 83.3 Å². The van der Waals surface area contributed by atoms with Crippen molar-refractivity contribution in [2.45, 2.75) is 52.9 Å². The van der Waals surface area contributed by atoms with Gasteiger partial charge in [0.15, 0.2) is 0 Å². The molecule has 78 valence electrons. The molecule has 0 aromatic rings. The van der Waals surface area contributed by atoms with Gasteiger partial charge in [0, 0.05) is 0 Å². The van der Waals surface area contributed by atoms with Gasteiger partial charge < -0.3 is 5.32 Å². The third-order valence-electron chi connectivity index (χ3n) is 3.00. The molecule has 0 saturated carbocycles. The molecule has 0 aliphatic carbocycles. The first kappa shape index (κ1) is 11.0. The average Bonchev–Trinajstić information content (AvgIpc) is 2.04. The maximum Gasteiger partial charge on any atom is -0.00463 e. The van der Waals surface area contributed by atoms with E-state index in [2.05, 4.69) is 26.1 Å². The normalized spacial score (nSPS) is 20.5. The fourth-order valence-corrected chi connectivity index (χ4v) is 2.09. The van der Waals surface area contributed by atoms with E-state index < -0.39 is 0 Å². The molecule has 1 fully saturated rings. The highest BCUT2D eigenvalue weighted by Gasteiger charge is 2.15. The Bertz CT molecular complexity index is 129. The van der Waals surface area contributed by atoms with Gasteiger partial charge in [0.05, 0.1) is 0 Å². The lowest BCUT2D eigenvalue weighted by Gasteiger charge is -2.24. The quantitative estimate of drug-likeness (QED) is 0.708. The van der Waals surface area contributed by atoms with E-state index >= 15 is 0 Å². The molecule has 1 heteroatoms. The molecule has 0 aromatic heterocycles. The second-order valence-corrected chi connectivity index (χ2v) is 5.65. The van der Waals surface area contributed by atoms with E-state index in [0.717, 1.165) is 5.92 Å². The third kappa shape index (κ3) is 5.30. The first-order valence-electron chi connectivity index (χ1n) is 5.79. The predicted molar refractivity (Wildman–Crippen MR) is 58.9 cm³/mol. The van der Waals surface area contributed by atoms with E-state index in [1.165, 1.54) is 45.2 Å². The van der Waals surface area contributed by atoms with E-state index in [1.54, 1.807) is 0 Å². The van der Waals surface area contributed by atoms with Crippen molar-refractivity contribution >= 4 is 0 Å². The monoisotopic (exact) mass is 183 g/mol. The lowest BCUT2D eigenvalue weighted by Crippen LogP contribution is -2.27. The molecule has 0 unspecified atom stereocenters. The summed E-state index contributed by atoms with van der Waals surface area (Å²) in [6.45, 7) is 9.53. The summed E-state index contributed by atoms with van der Waals surface area (Å²) in [5, 5.41) is 3.42. The van der Waals surface area contributed by atoms with E-state index in [-0.39, 0.29) is 0 Å². The summed E-state index contributed by atoms with van der Waals surface area (Å²) in [6, 6.07) is 0. The van der Waals surface area contributed by atoms with Gasteiger partial charge in [0.25, 0.3) is 0 Å². The van der Waals surface area contributed by atoms with Gasteiger partial charge in [-0.3, -0.25) is 0 Å². The maximum atomic E-state index is 3.42. The van der Waals surface area contributed by atoms with Crippen LogP contribution >= 0.6 is 0 Å². The van der Waals surface area contributed by atoms with Crippen molar-refractivity contribution in [1.82, 2.24) is 5.32 Å². The average molecular weight is 183 g/mol. The molecule has 1 aliphatic heterocycles. The van der Waals surface area contributed by atoms with Crippen molar-refractivity contribution in [1.29, 1.82) is 0 Å². The standard InChI is InChI=1S/C12H25N/c1-12(2,3)8-4-5-11-6-9-13-10-7-11/h11,13H,4-10H2,1-3H3. The van der Waals surface area contributed by atoms with Crippen molar-refractivity contribution in [3.05, 3.63) is 0 Å². The maximum absolute atomic E-state index is 3.42. The van der Waals surface area contributed by atoms with E-state index in [4.69, 9.17) is 0 Å². The number of nitrogens with one attached hydrogen (secondary N) is 1. The lowest BCUT2D eigenvalue weighted by molar-refractivity contribution is 0.303. The van der Waals surface area contributed by atoms with E-state index in [1.807, 2.05) is 0 Å². The molecule has 1 saturated heterocycles. The summed E-state index contributed by atoms with van der Waals surface area (Å²) < 4.78 is 0. The highest BCUT2D eigenvalue weighted by Crippen LogP contribution is 2.25. The van der Waals surface area contributed by atoms with Crippen molar-refractivity contribution in [3.63, 3.8) is 0 Å². The van der Waals surface area contributed by atoms with Gasteiger partial charge >= 0.3 is 0 Å². The van der Waals surface area contributed by atoms with Crippen LogP contribution in [0.4, 0.5) is 0 Å². The lowest BCUT2D eigenvalue weighted by atomic mass is 9.86. The predicted octanol–water partition coefficient (Wildman–Crippen LogP) is 3.20. The number of piperidine rings is 1. The molecule has 0 bridgehead atoms. The minimum atomic E-state index is 0.535. The molecule has 13 heavy (non-hydrogen) atoms. The summed E-state index contributed by atoms with van der Waals surface area (Å²) in [4.78, 5) is 0. The molecular weight excluding hydrogens is 158 g/mol. The van der Waals surface area contributed by atoms with E-state index in [9.17, 15) is 0 Å². The van der Waals surface area contributed by atoms with Crippen LogP contribution in [0.3, 0.4) is 0 Å². The zero-order valence-corrected chi connectivity index (χ0v) is 9.53. The van der Waals surface area contributed by atoms with Gasteiger partial charge in [-0.1, -0.05) is 33.6 Å². The van der Waals surface area contributed by atoms with Crippen LogP contribution in [0.1, 0.15) is 52.9 Å². The highest BCUT2D eigenvalue weighted by molar-refractivity contribution is 4.70. The summed E-state index contributed by atoms with van der Waals surface area (Å²) in [7, 11) is 0. The molecule has 0 atom stereocenters. The number of hydrogen-bond acceptors (Lipinski definition) is 1. The fourth-order valence-electron chi connectivity index (χ4n) is 2.09. The van der Waals surface area contributed by atoms with Crippen LogP contribution < -0.4 is 5.32 Å². The molecule has 0 spiro atoms. The molecule has 0 amide bonds. The summed E-state index contributed by atoms with van der Waals surface area (Å²) in [5.41, 5.74) is 0.535. The van der Waals surface area contributed by atoms with Crippen LogP contribution in [0.2, 0.25) is 0 Å². The van der Waals surface area contributed by atoms with Crippen LogP contribution in [-0.2, 0) is 0 Å². The fraction of sp³-hybridized carbons (Fsp3) is 1.00. The van der Waals surface area contributed by atoms with Gasteiger partial charge in [-0.2, -0.15) is 0 Å². The van der Waals surface area contributed by atoms with Crippen LogP contribution in [0.25, 0.3) is 0 Å². The van der Waals surface area contributed by atoms with Crippen molar-refractivity contribution in [2.24, 2.45) is 11.3 Å². The van der Waals surface area contributed by atoms with Crippen LogP contribution in [0.5, 0.6) is 0 Å². The molecule has 0 radical (unpaired) electrons. The summed E-state index contributed by atoms with van der Waals surface area (Å²) in [6.07, 6.45) is 7.08. The first-order chi connectivity index (χ1) is 6.08. The number of rotatable bonds is 3. The molecule has 1 N–H and O–H groups in total. The Hall–Kier alpha value is -0.0400. The van der Waals surface area contributed by atoms with Gasteiger partial charge in [0.1, 0.15) is 0 Å². The molecule has 1 aliphatic rings. The Morgan fingerprint density at radius 2 is 1.77 bits per heavy atom. The van der Waals surface area contributed by atoms with Crippen LogP contribution in [-0.4, -0.2) is 13.1 Å². The Kier molecular flexibility index (Phi) is 4.24.